The molecule has 1 aliphatic rings. The molecule has 0 amide bonds. The van der Waals surface area contributed by atoms with E-state index in [-0.39, 0.29) is 0 Å². The van der Waals surface area contributed by atoms with E-state index in [0.29, 0.717) is 11.1 Å². The van der Waals surface area contributed by atoms with Crippen molar-refractivity contribution in [3.05, 3.63) is 90.0 Å². The van der Waals surface area contributed by atoms with Crippen molar-refractivity contribution in [3.63, 3.8) is 0 Å². The van der Waals surface area contributed by atoms with Crippen LogP contribution in [0.2, 0.25) is 5.02 Å². The maximum Gasteiger partial charge on any atom is 0.119 e. The molecule has 1 aliphatic heterocycles. The largest absolute Gasteiger partial charge is 0.497 e. The van der Waals surface area contributed by atoms with E-state index in [1.165, 1.54) is 27.6 Å². The van der Waals surface area contributed by atoms with Crippen LogP contribution >= 0.6 is 23.4 Å². The molecule has 0 spiro atoms. The fourth-order valence-electron chi connectivity index (χ4n) is 5.24. The first-order valence-corrected chi connectivity index (χ1v) is 15.9. The zero-order chi connectivity index (χ0) is 29.5. The van der Waals surface area contributed by atoms with Gasteiger partial charge >= 0.3 is 0 Å². The molecule has 0 saturated heterocycles. The molecule has 7 heteroatoms. The second-order valence-corrected chi connectivity index (χ2v) is 12.0. The third-order valence-corrected chi connectivity index (χ3v) is 8.99. The standard InChI is InChI=1S/C23H30ClN3O.C12H9NS/c1-5-27(6-2)13-7-8-16(3)25-23-19-11-9-17(24)14-22(19)26-21-12-10-18(28-4)15-20(21)23;1-3-7-11-9(5-1)13-10-6-2-4-8-12(10)14-11/h9-12,14-16H,5-8,13H2,1-4H3,(H,25,26);1-8,13H. The van der Waals surface area contributed by atoms with Gasteiger partial charge in [-0.15, -0.1) is 0 Å². The summed E-state index contributed by atoms with van der Waals surface area (Å²) in [6, 6.07) is 29.0. The molecule has 5 nitrogen and oxygen atoms in total. The second-order valence-electron chi connectivity index (χ2n) is 10.5. The molecule has 2 N–H and O–H groups in total. The van der Waals surface area contributed by atoms with Crippen LogP contribution in [0.1, 0.15) is 33.6 Å². The topological polar surface area (TPSA) is 49.4 Å². The van der Waals surface area contributed by atoms with Gasteiger partial charge in [0, 0.05) is 31.6 Å². The molecule has 0 aliphatic carbocycles. The van der Waals surface area contributed by atoms with Crippen molar-refractivity contribution in [2.24, 2.45) is 0 Å². The maximum atomic E-state index is 6.22. The van der Waals surface area contributed by atoms with Gasteiger partial charge in [-0.25, -0.2) is 4.98 Å². The number of rotatable bonds is 9. The summed E-state index contributed by atoms with van der Waals surface area (Å²) >= 11 is 8.04. The van der Waals surface area contributed by atoms with Crippen LogP contribution in [-0.4, -0.2) is 42.7 Å². The van der Waals surface area contributed by atoms with E-state index in [2.05, 4.69) is 97.0 Å². The van der Waals surface area contributed by atoms with Gasteiger partial charge in [0.1, 0.15) is 5.75 Å². The number of nitrogens with zero attached hydrogens (tertiary/aromatic N) is 2. The number of pyridine rings is 1. The fourth-order valence-corrected chi connectivity index (χ4v) is 6.39. The fraction of sp³-hybridized carbons (Fsp3) is 0.286. The maximum absolute atomic E-state index is 6.22. The van der Waals surface area contributed by atoms with Crippen LogP contribution in [0.25, 0.3) is 21.8 Å². The van der Waals surface area contributed by atoms with Crippen molar-refractivity contribution in [1.82, 2.24) is 9.88 Å². The van der Waals surface area contributed by atoms with Gasteiger partial charge in [-0.2, -0.15) is 0 Å². The molecule has 4 aromatic carbocycles. The number of hydrogen-bond acceptors (Lipinski definition) is 6. The lowest BCUT2D eigenvalue weighted by Crippen LogP contribution is -2.25. The Morgan fingerprint density at radius 1 is 0.881 bits per heavy atom. The highest BCUT2D eigenvalue weighted by Crippen LogP contribution is 2.43. The van der Waals surface area contributed by atoms with Gasteiger partial charge in [-0.3, -0.25) is 0 Å². The van der Waals surface area contributed by atoms with Gasteiger partial charge in [-0.1, -0.05) is 61.5 Å². The van der Waals surface area contributed by atoms with Gasteiger partial charge in [0.25, 0.3) is 0 Å². The molecule has 42 heavy (non-hydrogen) atoms. The average Bonchev–Trinajstić information content (AvgIpc) is 3.02. The van der Waals surface area contributed by atoms with Crippen molar-refractivity contribution in [1.29, 1.82) is 0 Å². The molecule has 218 valence electrons. The van der Waals surface area contributed by atoms with Crippen LogP contribution in [0.5, 0.6) is 5.75 Å². The normalized spacial score (nSPS) is 12.6. The Morgan fingerprint density at radius 2 is 1.57 bits per heavy atom. The van der Waals surface area contributed by atoms with Crippen LogP contribution in [0.15, 0.2) is 94.7 Å². The monoisotopic (exact) mass is 598 g/mol. The third-order valence-electron chi connectivity index (χ3n) is 7.60. The Hall–Kier alpha value is -3.45. The Kier molecular flexibility index (Phi) is 10.1. The lowest BCUT2D eigenvalue weighted by atomic mass is 10.1. The molecule has 6 rings (SSSR count). The average molecular weight is 599 g/mol. The summed E-state index contributed by atoms with van der Waals surface area (Å²) in [4.78, 5) is 9.87. The highest BCUT2D eigenvalue weighted by Gasteiger charge is 2.15. The predicted octanol–water partition coefficient (Wildman–Crippen LogP) is 9.87. The summed E-state index contributed by atoms with van der Waals surface area (Å²) in [5.74, 6) is 0.833. The van der Waals surface area contributed by atoms with E-state index < -0.39 is 0 Å². The highest BCUT2D eigenvalue weighted by molar-refractivity contribution is 7.99. The Bertz CT molecular complexity index is 1570. The van der Waals surface area contributed by atoms with Crippen molar-refractivity contribution >= 4 is 62.2 Å². The summed E-state index contributed by atoms with van der Waals surface area (Å²) in [6.07, 6.45) is 2.28. The minimum absolute atomic E-state index is 0.353. The molecule has 0 bridgehead atoms. The number of para-hydroxylation sites is 2. The number of anilines is 3. The van der Waals surface area contributed by atoms with Crippen molar-refractivity contribution in [2.45, 2.75) is 49.4 Å². The lowest BCUT2D eigenvalue weighted by molar-refractivity contribution is 0.295. The molecule has 5 aromatic rings. The van der Waals surface area contributed by atoms with Gasteiger partial charge in [0.2, 0.25) is 0 Å². The van der Waals surface area contributed by atoms with Crippen LogP contribution in [0.4, 0.5) is 17.1 Å². The summed E-state index contributed by atoms with van der Waals surface area (Å²) in [6.45, 7) is 10.0. The van der Waals surface area contributed by atoms with Gasteiger partial charge in [0.05, 0.1) is 35.2 Å². The van der Waals surface area contributed by atoms with Crippen molar-refractivity contribution in [2.75, 3.05) is 37.4 Å². The first-order chi connectivity index (χ1) is 20.5. The summed E-state index contributed by atoms with van der Waals surface area (Å²) < 4.78 is 5.45. The molecule has 0 radical (unpaired) electrons. The minimum Gasteiger partial charge on any atom is -0.497 e. The van der Waals surface area contributed by atoms with E-state index in [1.54, 1.807) is 7.11 Å². The lowest BCUT2D eigenvalue weighted by Gasteiger charge is -2.22. The van der Waals surface area contributed by atoms with Crippen molar-refractivity contribution in [3.8, 4) is 5.75 Å². The number of hydrogen-bond donors (Lipinski definition) is 2. The SMILES string of the molecule is CCN(CC)CCCC(C)Nc1c2ccc(Cl)cc2nc2ccc(OC)cc12.c1ccc2c(c1)Nc1ccccc1S2. The Balaban J connectivity index is 0.000000208. The second kappa shape index (κ2) is 14.1. The van der Waals surface area contributed by atoms with Gasteiger partial charge in [-0.05, 0) is 100 Å². The van der Waals surface area contributed by atoms with Crippen LogP contribution < -0.4 is 15.4 Å². The Labute approximate surface area is 258 Å². The molecular formula is C35H39ClN4OS. The molecule has 0 saturated carbocycles. The third kappa shape index (κ3) is 7.12. The van der Waals surface area contributed by atoms with Crippen LogP contribution in [0, 0.1) is 0 Å². The molecular weight excluding hydrogens is 560 g/mol. The molecule has 1 aromatic heterocycles. The zero-order valence-electron chi connectivity index (χ0n) is 24.8. The number of nitrogens with one attached hydrogen (secondary N) is 2. The van der Waals surface area contributed by atoms with Gasteiger partial charge < -0.3 is 20.3 Å². The number of benzene rings is 4. The predicted molar refractivity (Wildman–Crippen MR) is 181 cm³/mol. The number of methoxy groups -OCH3 is 1. The van der Waals surface area contributed by atoms with E-state index >= 15 is 0 Å². The first-order valence-electron chi connectivity index (χ1n) is 14.7. The molecule has 2 heterocycles. The summed E-state index contributed by atoms with van der Waals surface area (Å²) in [7, 11) is 1.69. The van der Waals surface area contributed by atoms with E-state index in [9.17, 15) is 0 Å². The summed E-state index contributed by atoms with van der Waals surface area (Å²) in [5, 5.41) is 10.0. The van der Waals surface area contributed by atoms with Crippen LogP contribution in [0.3, 0.4) is 0 Å². The quantitative estimate of drug-likeness (QED) is 0.162. The van der Waals surface area contributed by atoms with E-state index in [0.717, 1.165) is 59.3 Å². The molecule has 1 atom stereocenters. The van der Waals surface area contributed by atoms with E-state index in [1.807, 2.05) is 36.0 Å². The van der Waals surface area contributed by atoms with Crippen LogP contribution in [-0.2, 0) is 0 Å². The number of aromatic nitrogens is 1. The summed E-state index contributed by atoms with van der Waals surface area (Å²) in [5.41, 5.74) is 5.36. The van der Waals surface area contributed by atoms with Gasteiger partial charge in [0.15, 0.2) is 0 Å². The van der Waals surface area contributed by atoms with Crippen molar-refractivity contribution < 1.29 is 4.74 Å². The smallest absolute Gasteiger partial charge is 0.119 e. The first kappa shape index (κ1) is 30.0. The van der Waals surface area contributed by atoms with E-state index in [4.69, 9.17) is 21.3 Å². The number of halogens is 1. The minimum atomic E-state index is 0.353. The number of ether oxygens (including phenoxy) is 1. The zero-order valence-corrected chi connectivity index (χ0v) is 26.4. The Morgan fingerprint density at radius 3 is 2.24 bits per heavy atom. The highest BCUT2D eigenvalue weighted by atomic mass is 35.5. The number of fused-ring (bicyclic) bond motifs is 4. The molecule has 0 fully saturated rings. The molecule has 1 unspecified atom stereocenters.